The molecule has 0 saturated carbocycles. The Bertz CT molecular complexity index is 1100. The van der Waals surface area contributed by atoms with Gasteiger partial charge in [-0.3, -0.25) is 9.48 Å². The first kappa shape index (κ1) is 17.1. The molecule has 3 fully saturated rings. The average Bonchev–Trinajstić information content (AvgIpc) is 3.31. The summed E-state index contributed by atoms with van der Waals surface area (Å²) < 4.78 is 1.50. The number of aryl methyl sites for hydroxylation is 1. The van der Waals surface area contributed by atoms with Gasteiger partial charge in [0.05, 0.1) is 17.4 Å². The van der Waals surface area contributed by atoms with Crippen LogP contribution in [0.3, 0.4) is 0 Å². The number of piperazine rings is 1. The van der Waals surface area contributed by atoms with E-state index in [9.17, 15) is 10.1 Å². The van der Waals surface area contributed by atoms with Gasteiger partial charge in [-0.15, -0.1) is 11.3 Å². The molecule has 2 bridgehead atoms. The van der Waals surface area contributed by atoms with Gasteiger partial charge in [0.15, 0.2) is 5.69 Å². The molecule has 9 nitrogen and oxygen atoms in total. The van der Waals surface area contributed by atoms with E-state index in [0.717, 1.165) is 30.2 Å². The second-order valence-electron chi connectivity index (χ2n) is 7.15. The lowest BCUT2D eigenvalue weighted by Gasteiger charge is -2.46. The molecule has 6 heterocycles. The maximum absolute atomic E-state index is 12.8. The maximum atomic E-state index is 12.8. The van der Waals surface area contributed by atoms with Crippen LogP contribution in [0.1, 0.15) is 28.9 Å². The highest BCUT2D eigenvalue weighted by Crippen LogP contribution is 2.30. The van der Waals surface area contributed by atoms with Gasteiger partial charge in [-0.25, -0.2) is 9.97 Å². The van der Waals surface area contributed by atoms with Gasteiger partial charge in [0.1, 0.15) is 22.2 Å². The van der Waals surface area contributed by atoms with Gasteiger partial charge in [0.25, 0.3) is 5.91 Å². The molecule has 0 aromatic carbocycles. The van der Waals surface area contributed by atoms with E-state index in [0.29, 0.717) is 28.9 Å². The number of thiophene rings is 1. The van der Waals surface area contributed by atoms with Gasteiger partial charge >= 0.3 is 0 Å². The van der Waals surface area contributed by atoms with Crippen molar-refractivity contribution in [1.82, 2.24) is 25.1 Å². The van der Waals surface area contributed by atoms with Crippen molar-refractivity contribution in [2.75, 3.05) is 23.3 Å². The van der Waals surface area contributed by atoms with E-state index < -0.39 is 0 Å². The van der Waals surface area contributed by atoms with Crippen LogP contribution in [0.25, 0.3) is 10.3 Å². The topological polar surface area (TPSA) is 112 Å². The van der Waals surface area contributed by atoms with Gasteiger partial charge in [0.2, 0.25) is 0 Å². The van der Waals surface area contributed by atoms with Crippen LogP contribution >= 0.6 is 11.3 Å². The Morgan fingerprint density at radius 3 is 3.07 bits per heavy atom. The second kappa shape index (κ2) is 6.54. The molecule has 142 valence electrons. The number of aromatic nitrogens is 4. The fraction of sp³-hybridized carbons (Fsp3) is 0.389. The van der Waals surface area contributed by atoms with Crippen LogP contribution in [0.5, 0.6) is 0 Å². The molecule has 3 aromatic heterocycles. The number of anilines is 2. The molecule has 1 amide bonds. The molecule has 0 radical (unpaired) electrons. The second-order valence-corrected chi connectivity index (χ2v) is 8.01. The Morgan fingerprint density at radius 1 is 1.46 bits per heavy atom. The summed E-state index contributed by atoms with van der Waals surface area (Å²) in [4.78, 5) is 25.2. The summed E-state index contributed by atoms with van der Waals surface area (Å²) in [5.41, 5.74) is 1.62. The average molecular weight is 394 g/mol. The van der Waals surface area contributed by atoms with Crippen LogP contribution in [0.4, 0.5) is 11.5 Å². The molecule has 0 aliphatic carbocycles. The number of nitrogens with one attached hydrogen (secondary N) is 2. The minimum Gasteiger partial charge on any atom is -0.349 e. The zero-order valence-electron chi connectivity index (χ0n) is 15.2. The Balaban J connectivity index is 1.46. The zero-order valence-corrected chi connectivity index (χ0v) is 16.0. The summed E-state index contributed by atoms with van der Waals surface area (Å²) in [6, 6.07) is 2.89. The SMILES string of the molecule is Cn1cc(NC(=O)c2csc3ncc(N4C[C@H]5CC[C@@H]4CN5)nc23)c(C#N)n1. The van der Waals surface area contributed by atoms with Crippen molar-refractivity contribution < 1.29 is 4.79 Å². The van der Waals surface area contributed by atoms with Gasteiger partial charge in [-0.05, 0) is 12.8 Å². The number of carbonyl (C=O) groups is 1. The fourth-order valence-corrected chi connectivity index (χ4v) is 4.77. The van der Waals surface area contributed by atoms with E-state index in [1.54, 1.807) is 24.8 Å². The first-order valence-electron chi connectivity index (χ1n) is 9.11. The van der Waals surface area contributed by atoms with Gasteiger partial charge in [0, 0.05) is 43.8 Å². The van der Waals surface area contributed by atoms with Crippen molar-refractivity contribution in [1.29, 1.82) is 5.26 Å². The third kappa shape index (κ3) is 2.80. The van der Waals surface area contributed by atoms with Crippen LogP contribution in [-0.2, 0) is 7.05 Å². The lowest BCUT2D eigenvalue weighted by atomic mass is 9.93. The molecular weight excluding hydrogens is 376 g/mol. The highest BCUT2D eigenvalue weighted by molar-refractivity contribution is 7.17. The first-order valence-corrected chi connectivity index (χ1v) is 9.99. The fourth-order valence-electron chi connectivity index (χ4n) is 3.94. The highest BCUT2D eigenvalue weighted by Gasteiger charge is 2.34. The van der Waals surface area contributed by atoms with E-state index in [-0.39, 0.29) is 11.6 Å². The molecule has 28 heavy (non-hydrogen) atoms. The number of nitriles is 1. The molecule has 2 atom stereocenters. The smallest absolute Gasteiger partial charge is 0.258 e. The van der Waals surface area contributed by atoms with Crippen molar-refractivity contribution in [2.24, 2.45) is 7.05 Å². The number of nitrogens with zero attached hydrogens (tertiary/aromatic N) is 6. The Hall–Kier alpha value is -3.03. The van der Waals surface area contributed by atoms with Gasteiger partial charge in [-0.2, -0.15) is 10.4 Å². The lowest BCUT2D eigenvalue weighted by molar-refractivity contribution is 0.102. The number of hydrogen-bond donors (Lipinski definition) is 2. The molecule has 2 N–H and O–H groups in total. The van der Waals surface area contributed by atoms with Crippen LogP contribution in [-0.4, -0.2) is 50.8 Å². The summed E-state index contributed by atoms with van der Waals surface area (Å²) in [6.45, 7) is 1.87. The van der Waals surface area contributed by atoms with Crippen molar-refractivity contribution >= 4 is 39.1 Å². The predicted octanol–water partition coefficient (Wildman–Crippen LogP) is 1.49. The minimum atomic E-state index is -0.316. The molecule has 10 heteroatoms. The summed E-state index contributed by atoms with van der Waals surface area (Å²) >= 11 is 1.39. The zero-order chi connectivity index (χ0) is 19.3. The van der Waals surface area contributed by atoms with Gasteiger partial charge < -0.3 is 15.5 Å². The minimum absolute atomic E-state index is 0.180. The Morgan fingerprint density at radius 2 is 2.36 bits per heavy atom. The monoisotopic (exact) mass is 394 g/mol. The van der Waals surface area contributed by atoms with Crippen LogP contribution < -0.4 is 15.5 Å². The Labute approximate surface area is 165 Å². The number of hydrogen-bond acceptors (Lipinski definition) is 8. The van der Waals surface area contributed by atoms with Crippen LogP contribution in [0.2, 0.25) is 0 Å². The van der Waals surface area contributed by atoms with Crippen molar-refractivity contribution in [3.63, 3.8) is 0 Å². The number of fused-ring (bicyclic) bond motifs is 4. The quantitative estimate of drug-likeness (QED) is 0.692. The largest absolute Gasteiger partial charge is 0.349 e. The van der Waals surface area contributed by atoms with Gasteiger partial charge in [-0.1, -0.05) is 0 Å². The maximum Gasteiger partial charge on any atom is 0.258 e. The van der Waals surface area contributed by atoms with Crippen molar-refractivity contribution in [2.45, 2.75) is 24.9 Å². The predicted molar refractivity (Wildman–Crippen MR) is 105 cm³/mol. The van der Waals surface area contributed by atoms with E-state index in [1.807, 2.05) is 6.07 Å². The normalized spacial score (nSPS) is 21.1. The molecule has 3 saturated heterocycles. The lowest BCUT2D eigenvalue weighted by Crippen LogP contribution is -2.61. The molecule has 3 aliphatic heterocycles. The number of amides is 1. The molecule has 3 aliphatic rings. The standard InChI is InChI=1S/C18H18N8OS/c1-25-8-14(13(4-19)24-25)22-17(27)12-9-28-18-16(12)23-15(6-21-18)26-7-10-2-3-11(26)5-20-10/h6,8-11,20H,2-3,5,7H2,1H3,(H,22,27)/t10-,11-/m1/s1. The molecule has 3 aromatic rings. The third-order valence-corrected chi connectivity index (χ3v) is 6.22. The van der Waals surface area contributed by atoms with E-state index in [4.69, 9.17) is 4.98 Å². The molecule has 6 rings (SSSR count). The molecule has 0 spiro atoms. The van der Waals surface area contributed by atoms with E-state index in [1.165, 1.54) is 22.4 Å². The highest BCUT2D eigenvalue weighted by atomic mass is 32.1. The van der Waals surface area contributed by atoms with Crippen molar-refractivity contribution in [3.8, 4) is 6.07 Å². The van der Waals surface area contributed by atoms with Crippen LogP contribution in [0.15, 0.2) is 17.8 Å². The molecular formula is C18H18N8OS. The van der Waals surface area contributed by atoms with E-state index >= 15 is 0 Å². The number of piperidine rings is 2. The van der Waals surface area contributed by atoms with Crippen molar-refractivity contribution in [3.05, 3.63) is 29.0 Å². The summed E-state index contributed by atoms with van der Waals surface area (Å²) in [6.07, 6.45) is 5.75. The third-order valence-electron chi connectivity index (χ3n) is 5.34. The summed E-state index contributed by atoms with van der Waals surface area (Å²) in [5.74, 6) is 0.499. The Kier molecular flexibility index (Phi) is 3.99. The summed E-state index contributed by atoms with van der Waals surface area (Å²) in [7, 11) is 1.70. The number of carbonyl (C=O) groups excluding carboxylic acids is 1. The summed E-state index contributed by atoms with van der Waals surface area (Å²) in [5, 5.41) is 21.3. The number of rotatable bonds is 3. The first-order chi connectivity index (χ1) is 13.6. The van der Waals surface area contributed by atoms with Crippen LogP contribution in [0, 0.1) is 11.3 Å². The molecule has 0 unspecified atom stereocenters. The van der Waals surface area contributed by atoms with E-state index in [2.05, 4.69) is 25.6 Å².